The van der Waals surface area contributed by atoms with Crippen LogP contribution in [0.15, 0.2) is 88.7 Å². The largest absolute Gasteiger partial charge is 0.294 e. The van der Waals surface area contributed by atoms with Crippen molar-refractivity contribution in [3.05, 3.63) is 84.4 Å². The Balaban J connectivity index is 1.85. The van der Waals surface area contributed by atoms with E-state index in [0.29, 0.717) is 0 Å². The van der Waals surface area contributed by atoms with Crippen LogP contribution < -0.4 is 4.90 Å². The number of benzene rings is 3. The number of para-hydroxylation sites is 2. The second-order valence-corrected chi connectivity index (χ2v) is 7.57. The third-order valence-electron chi connectivity index (χ3n) is 4.52. The van der Waals surface area contributed by atoms with E-state index in [1.165, 1.54) is 0 Å². The van der Waals surface area contributed by atoms with Gasteiger partial charge in [-0.15, -0.1) is 0 Å². The van der Waals surface area contributed by atoms with Crippen molar-refractivity contribution in [1.29, 1.82) is 0 Å². The van der Waals surface area contributed by atoms with Gasteiger partial charge in [0, 0.05) is 9.79 Å². The molecule has 0 fully saturated rings. The number of carbonyl (C=O) groups is 1. The lowest BCUT2D eigenvalue weighted by atomic mass is 10.0. The van der Waals surface area contributed by atoms with E-state index in [1.807, 2.05) is 90.6 Å². The average Bonchev–Trinajstić information content (AvgIpc) is 2.66. The molecule has 1 amide bonds. The minimum absolute atomic E-state index is 0.0569. The number of anilines is 2. The topological polar surface area (TPSA) is 23.6 Å². The molecule has 4 rings (SSSR count). The Morgan fingerprint density at radius 1 is 0.808 bits per heavy atom. The van der Waals surface area contributed by atoms with E-state index in [4.69, 9.17) is 0 Å². The molecular formula is C22H20N2OS. The molecule has 4 heteroatoms. The predicted molar refractivity (Wildman–Crippen MR) is 107 cm³/mol. The van der Waals surface area contributed by atoms with E-state index in [-0.39, 0.29) is 11.9 Å². The van der Waals surface area contributed by atoms with E-state index in [0.717, 1.165) is 26.7 Å². The molecule has 0 saturated carbocycles. The Kier molecular flexibility index (Phi) is 4.53. The van der Waals surface area contributed by atoms with Crippen LogP contribution >= 0.6 is 11.8 Å². The van der Waals surface area contributed by atoms with Gasteiger partial charge < -0.3 is 0 Å². The van der Waals surface area contributed by atoms with Gasteiger partial charge in [-0.2, -0.15) is 0 Å². The van der Waals surface area contributed by atoms with Crippen LogP contribution in [0.2, 0.25) is 0 Å². The summed E-state index contributed by atoms with van der Waals surface area (Å²) in [6.07, 6.45) is 0. The quantitative estimate of drug-likeness (QED) is 0.648. The minimum Gasteiger partial charge on any atom is -0.294 e. The Hall–Kier alpha value is -2.56. The van der Waals surface area contributed by atoms with Crippen molar-refractivity contribution in [2.75, 3.05) is 19.0 Å². The fraction of sp³-hybridized carbons (Fsp3) is 0.136. The van der Waals surface area contributed by atoms with E-state index >= 15 is 0 Å². The smallest absolute Gasteiger partial charge is 0.253 e. The molecule has 1 unspecified atom stereocenters. The van der Waals surface area contributed by atoms with Gasteiger partial charge >= 0.3 is 0 Å². The van der Waals surface area contributed by atoms with Crippen molar-refractivity contribution in [3.8, 4) is 0 Å². The van der Waals surface area contributed by atoms with Crippen LogP contribution in [-0.4, -0.2) is 24.9 Å². The van der Waals surface area contributed by atoms with Gasteiger partial charge in [-0.05, 0) is 43.9 Å². The highest BCUT2D eigenvalue weighted by atomic mass is 32.2. The molecule has 130 valence electrons. The number of carbonyl (C=O) groups excluding carboxylic acids is 1. The molecule has 0 radical (unpaired) electrons. The molecule has 0 N–H and O–H groups in total. The van der Waals surface area contributed by atoms with Crippen LogP contribution in [0.1, 0.15) is 11.6 Å². The second-order valence-electron chi connectivity index (χ2n) is 6.49. The van der Waals surface area contributed by atoms with Crippen LogP contribution in [-0.2, 0) is 4.79 Å². The molecule has 3 aromatic rings. The third-order valence-corrected chi connectivity index (χ3v) is 5.65. The molecule has 0 bridgehead atoms. The van der Waals surface area contributed by atoms with Crippen LogP contribution in [0.3, 0.4) is 0 Å². The Morgan fingerprint density at radius 3 is 1.85 bits per heavy atom. The summed E-state index contributed by atoms with van der Waals surface area (Å²) in [6, 6.07) is 25.8. The Bertz CT molecular complexity index is 894. The number of amides is 1. The highest BCUT2D eigenvalue weighted by Crippen LogP contribution is 2.48. The lowest BCUT2D eigenvalue weighted by Gasteiger charge is -2.35. The zero-order valence-corrected chi connectivity index (χ0v) is 15.6. The van der Waals surface area contributed by atoms with Gasteiger partial charge in [0.2, 0.25) is 0 Å². The summed E-state index contributed by atoms with van der Waals surface area (Å²) >= 11 is 1.71. The third kappa shape index (κ3) is 2.91. The zero-order chi connectivity index (χ0) is 18.1. The zero-order valence-electron chi connectivity index (χ0n) is 14.8. The normalized spacial score (nSPS) is 13.9. The maximum atomic E-state index is 13.7. The fourth-order valence-corrected chi connectivity index (χ4v) is 4.42. The van der Waals surface area contributed by atoms with E-state index < -0.39 is 0 Å². The molecule has 0 spiro atoms. The van der Waals surface area contributed by atoms with Crippen molar-refractivity contribution in [1.82, 2.24) is 4.90 Å². The van der Waals surface area contributed by atoms with Gasteiger partial charge in [0.05, 0.1) is 11.4 Å². The van der Waals surface area contributed by atoms with Crippen LogP contribution in [0.5, 0.6) is 0 Å². The lowest BCUT2D eigenvalue weighted by molar-refractivity contribution is -0.122. The average molecular weight is 360 g/mol. The molecule has 1 heterocycles. The molecule has 0 aliphatic carbocycles. The number of likely N-dealkylation sites (N-methyl/N-ethyl adjacent to an activating group) is 1. The summed E-state index contributed by atoms with van der Waals surface area (Å²) in [5.74, 6) is 0.0569. The first-order valence-electron chi connectivity index (χ1n) is 8.58. The molecule has 1 aliphatic heterocycles. The minimum atomic E-state index is -0.347. The fourth-order valence-electron chi connectivity index (χ4n) is 3.36. The molecule has 1 atom stereocenters. The second kappa shape index (κ2) is 6.98. The lowest BCUT2D eigenvalue weighted by Crippen LogP contribution is -2.39. The highest BCUT2D eigenvalue weighted by Gasteiger charge is 2.34. The van der Waals surface area contributed by atoms with Crippen molar-refractivity contribution in [3.63, 3.8) is 0 Å². The first-order chi connectivity index (χ1) is 12.7. The van der Waals surface area contributed by atoms with Gasteiger partial charge in [-0.25, -0.2) is 0 Å². The molecule has 3 aromatic carbocycles. The van der Waals surface area contributed by atoms with Crippen molar-refractivity contribution in [2.24, 2.45) is 0 Å². The van der Waals surface area contributed by atoms with Crippen molar-refractivity contribution >= 4 is 29.0 Å². The summed E-state index contributed by atoms with van der Waals surface area (Å²) in [5.41, 5.74) is 2.89. The number of fused-ring (bicyclic) bond motifs is 2. The SMILES string of the molecule is CN(C)C(C(=O)N1c2ccccc2Sc2ccccc21)c1ccccc1. The summed E-state index contributed by atoms with van der Waals surface area (Å²) in [7, 11) is 3.90. The first kappa shape index (κ1) is 16.9. The van der Waals surface area contributed by atoms with Crippen LogP contribution in [0.25, 0.3) is 0 Å². The number of hydrogen-bond donors (Lipinski definition) is 0. The predicted octanol–water partition coefficient (Wildman–Crippen LogP) is 5.12. The molecule has 3 nitrogen and oxygen atoms in total. The summed E-state index contributed by atoms with van der Waals surface area (Å²) in [5, 5.41) is 0. The van der Waals surface area contributed by atoms with Gasteiger partial charge in [-0.3, -0.25) is 14.6 Å². The molecule has 1 aliphatic rings. The Morgan fingerprint density at radius 2 is 1.31 bits per heavy atom. The van der Waals surface area contributed by atoms with E-state index in [2.05, 4.69) is 12.1 Å². The highest BCUT2D eigenvalue weighted by molar-refractivity contribution is 7.99. The monoisotopic (exact) mass is 360 g/mol. The van der Waals surface area contributed by atoms with Gasteiger partial charge in [-0.1, -0.05) is 66.4 Å². The van der Waals surface area contributed by atoms with Gasteiger partial charge in [0.25, 0.3) is 5.91 Å². The summed E-state index contributed by atoms with van der Waals surface area (Å²) in [6.45, 7) is 0. The summed E-state index contributed by atoms with van der Waals surface area (Å²) in [4.78, 5) is 19.8. The van der Waals surface area contributed by atoms with Gasteiger partial charge in [0.15, 0.2) is 0 Å². The van der Waals surface area contributed by atoms with Crippen molar-refractivity contribution < 1.29 is 4.79 Å². The maximum absolute atomic E-state index is 13.7. The van der Waals surface area contributed by atoms with E-state index in [1.54, 1.807) is 11.8 Å². The molecule has 0 saturated heterocycles. The summed E-state index contributed by atoms with van der Waals surface area (Å²) < 4.78 is 0. The Labute approximate surface area is 158 Å². The standard InChI is InChI=1S/C22H20N2OS/c1-23(2)21(16-10-4-3-5-11-16)22(25)24-17-12-6-8-14-19(17)26-20-15-9-7-13-18(20)24/h3-15,21H,1-2H3. The molecular weight excluding hydrogens is 340 g/mol. The van der Waals surface area contributed by atoms with Crippen LogP contribution in [0, 0.1) is 0 Å². The van der Waals surface area contributed by atoms with Gasteiger partial charge in [0.1, 0.15) is 6.04 Å². The molecule has 26 heavy (non-hydrogen) atoms. The molecule has 0 aromatic heterocycles. The van der Waals surface area contributed by atoms with E-state index in [9.17, 15) is 4.79 Å². The first-order valence-corrected chi connectivity index (χ1v) is 9.40. The number of hydrogen-bond acceptors (Lipinski definition) is 3. The number of rotatable bonds is 3. The number of nitrogens with zero attached hydrogens (tertiary/aromatic N) is 2. The van der Waals surface area contributed by atoms with Crippen molar-refractivity contribution in [2.45, 2.75) is 15.8 Å². The maximum Gasteiger partial charge on any atom is 0.253 e. The van der Waals surface area contributed by atoms with Crippen LogP contribution in [0.4, 0.5) is 11.4 Å².